The molecule has 0 aromatic heterocycles. The molecule has 0 bridgehead atoms. The van der Waals surface area contributed by atoms with Crippen LogP contribution < -0.4 is 5.73 Å². The molecule has 0 radical (unpaired) electrons. The lowest BCUT2D eigenvalue weighted by Gasteiger charge is -2.34. The summed E-state index contributed by atoms with van der Waals surface area (Å²) in [5.41, 5.74) is 9.16. The molecule has 0 heterocycles. The van der Waals surface area contributed by atoms with Gasteiger partial charge in [-0.2, -0.15) is 0 Å². The molecule has 2 heteroatoms. The van der Waals surface area contributed by atoms with Gasteiger partial charge in [0.1, 0.15) is 5.60 Å². The van der Waals surface area contributed by atoms with Gasteiger partial charge in [-0.1, -0.05) is 55.8 Å². The van der Waals surface area contributed by atoms with Gasteiger partial charge in [0.05, 0.1) is 0 Å². The summed E-state index contributed by atoms with van der Waals surface area (Å²) in [6, 6.07) is 8.03. The van der Waals surface area contributed by atoms with Crippen molar-refractivity contribution in [1.82, 2.24) is 0 Å². The summed E-state index contributed by atoms with van der Waals surface area (Å²) in [4.78, 5) is 0. The van der Waals surface area contributed by atoms with E-state index < -0.39 is 5.60 Å². The van der Waals surface area contributed by atoms with Gasteiger partial charge in [0.15, 0.2) is 0 Å². The summed E-state index contributed by atoms with van der Waals surface area (Å²) in [7, 11) is 0. The third-order valence-corrected chi connectivity index (χ3v) is 3.97. The molecular formula is C19H29NO. The van der Waals surface area contributed by atoms with E-state index in [1.165, 1.54) is 5.57 Å². The molecule has 3 N–H and O–H groups in total. The van der Waals surface area contributed by atoms with Gasteiger partial charge in [0.25, 0.3) is 0 Å². The van der Waals surface area contributed by atoms with E-state index in [4.69, 9.17) is 5.73 Å². The van der Waals surface area contributed by atoms with Crippen molar-refractivity contribution in [3.05, 3.63) is 58.7 Å². The summed E-state index contributed by atoms with van der Waals surface area (Å²) >= 11 is 0. The number of hydrogen-bond donors (Lipinski definition) is 2. The summed E-state index contributed by atoms with van der Waals surface area (Å²) in [6.07, 6.45) is 6.84. The van der Waals surface area contributed by atoms with Crippen molar-refractivity contribution in [2.24, 2.45) is 5.73 Å². The molecule has 1 aromatic rings. The van der Waals surface area contributed by atoms with Crippen molar-refractivity contribution < 1.29 is 5.11 Å². The molecule has 0 saturated heterocycles. The fraction of sp³-hybridized carbons (Fsp3) is 0.474. The SMILES string of the molecule is CC.CC1=C(C(O)(CCN)c2ccccc2C)C=CCC1. The topological polar surface area (TPSA) is 46.2 Å². The highest BCUT2D eigenvalue weighted by molar-refractivity contribution is 5.45. The van der Waals surface area contributed by atoms with Crippen LogP contribution in [0.1, 0.15) is 51.2 Å². The Morgan fingerprint density at radius 3 is 2.43 bits per heavy atom. The van der Waals surface area contributed by atoms with Crippen LogP contribution in [0.5, 0.6) is 0 Å². The van der Waals surface area contributed by atoms with Gasteiger partial charge in [-0.25, -0.2) is 0 Å². The predicted molar refractivity (Wildman–Crippen MR) is 91.2 cm³/mol. The highest BCUT2D eigenvalue weighted by Crippen LogP contribution is 2.39. The van der Waals surface area contributed by atoms with Crippen LogP contribution >= 0.6 is 0 Å². The second-order valence-corrected chi connectivity index (χ2v) is 5.35. The van der Waals surface area contributed by atoms with Gasteiger partial charge in [-0.3, -0.25) is 0 Å². The first-order chi connectivity index (χ1) is 10.1. The van der Waals surface area contributed by atoms with E-state index in [2.05, 4.69) is 19.1 Å². The number of nitrogens with two attached hydrogens (primary N) is 1. The first kappa shape index (κ1) is 17.7. The standard InChI is InChI=1S/C17H23NO.C2H6/c1-13-7-3-5-9-15(13)17(19,11-12-18)16-10-6-4-8-14(16)2;1-2/h3,5-7,9-10,19H,4,8,11-12,18H2,1-2H3;1-2H3. The molecule has 1 unspecified atom stereocenters. The molecule has 1 aliphatic carbocycles. The fourth-order valence-corrected chi connectivity index (χ4v) is 2.93. The Bertz CT molecular complexity index is 516. The number of aryl methyl sites for hydroxylation is 1. The van der Waals surface area contributed by atoms with Crippen molar-refractivity contribution in [3.63, 3.8) is 0 Å². The second kappa shape index (κ2) is 8.16. The van der Waals surface area contributed by atoms with Crippen molar-refractivity contribution in [3.8, 4) is 0 Å². The minimum Gasteiger partial charge on any atom is -0.380 e. The Morgan fingerprint density at radius 1 is 1.19 bits per heavy atom. The van der Waals surface area contributed by atoms with E-state index in [9.17, 15) is 5.11 Å². The number of rotatable bonds is 4. The van der Waals surface area contributed by atoms with E-state index in [-0.39, 0.29) is 0 Å². The Hall–Kier alpha value is -1.38. The molecule has 0 fully saturated rings. The zero-order valence-corrected chi connectivity index (χ0v) is 13.8. The van der Waals surface area contributed by atoms with Gasteiger partial charge < -0.3 is 10.8 Å². The van der Waals surface area contributed by atoms with Crippen molar-refractivity contribution in [2.75, 3.05) is 6.54 Å². The van der Waals surface area contributed by atoms with Crippen molar-refractivity contribution >= 4 is 0 Å². The number of hydrogen-bond acceptors (Lipinski definition) is 2. The average Bonchev–Trinajstić information content (AvgIpc) is 2.50. The summed E-state index contributed by atoms with van der Waals surface area (Å²) in [5.74, 6) is 0. The Kier molecular flexibility index (Phi) is 6.86. The molecule has 21 heavy (non-hydrogen) atoms. The van der Waals surface area contributed by atoms with E-state index in [1.54, 1.807) is 0 Å². The van der Waals surface area contributed by atoms with E-state index >= 15 is 0 Å². The summed E-state index contributed by atoms with van der Waals surface area (Å²) in [5, 5.41) is 11.3. The van der Waals surface area contributed by atoms with Crippen molar-refractivity contribution in [1.29, 1.82) is 0 Å². The Balaban J connectivity index is 0.00000106. The largest absolute Gasteiger partial charge is 0.380 e. The van der Waals surface area contributed by atoms with Gasteiger partial charge in [0, 0.05) is 0 Å². The smallest absolute Gasteiger partial charge is 0.116 e. The third kappa shape index (κ3) is 3.84. The molecule has 1 aliphatic rings. The first-order valence-corrected chi connectivity index (χ1v) is 7.95. The lowest BCUT2D eigenvalue weighted by atomic mass is 9.77. The van der Waals surface area contributed by atoms with E-state index in [1.807, 2.05) is 45.0 Å². The molecule has 0 spiro atoms. The van der Waals surface area contributed by atoms with Crippen LogP contribution in [0.2, 0.25) is 0 Å². The monoisotopic (exact) mass is 287 g/mol. The molecule has 2 nitrogen and oxygen atoms in total. The molecule has 0 saturated carbocycles. The molecule has 0 amide bonds. The van der Waals surface area contributed by atoms with Gasteiger partial charge in [0.2, 0.25) is 0 Å². The van der Waals surface area contributed by atoms with Gasteiger partial charge >= 0.3 is 0 Å². The predicted octanol–water partition coefficient (Wildman–Crippen LogP) is 4.22. The second-order valence-electron chi connectivity index (χ2n) is 5.35. The maximum atomic E-state index is 11.3. The summed E-state index contributed by atoms with van der Waals surface area (Å²) in [6.45, 7) is 8.62. The average molecular weight is 287 g/mol. The van der Waals surface area contributed by atoms with Crippen LogP contribution in [0.3, 0.4) is 0 Å². The van der Waals surface area contributed by atoms with E-state index in [0.717, 1.165) is 29.5 Å². The summed E-state index contributed by atoms with van der Waals surface area (Å²) < 4.78 is 0. The number of aliphatic hydroxyl groups is 1. The van der Waals surface area contributed by atoms with Crippen LogP contribution in [0.25, 0.3) is 0 Å². The van der Waals surface area contributed by atoms with Crippen LogP contribution in [0.4, 0.5) is 0 Å². The Morgan fingerprint density at radius 2 is 1.86 bits per heavy atom. The van der Waals surface area contributed by atoms with Crippen LogP contribution in [0.15, 0.2) is 47.6 Å². The lowest BCUT2D eigenvalue weighted by molar-refractivity contribution is 0.0707. The zero-order valence-electron chi connectivity index (χ0n) is 13.8. The van der Waals surface area contributed by atoms with Crippen LogP contribution in [0, 0.1) is 6.92 Å². The first-order valence-electron chi connectivity index (χ1n) is 7.95. The quantitative estimate of drug-likeness (QED) is 0.870. The molecule has 1 aromatic carbocycles. The van der Waals surface area contributed by atoms with Gasteiger partial charge in [-0.05, 0) is 56.4 Å². The Labute approximate surface area is 129 Å². The normalized spacial score (nSPS) is 17.0. The molecular weight excluding hydrogens is 258 g/mol. The number of allylic oxidation sites excluding steroid dienone is 2. The highest BCUT2D eigenvalue weighted by atomic mass is 16.3. The maximum Gasteiger partial charge on any atom is 0.116 e. The number of benzene rings is 1. The fourth-order valence-electron chi connectivity index (χ4n) is 2.93. The highest BCUT2D eigenvalue weighted by Gasteiger charge is 2.34. The lowest BCUT2D eigenvalue weighted by Crippen LogP contribution is -2.32. The molecule has 2 rings (SSSR count). The minimum absolute atomic E-state index is 0.468. The molecule has 1 atom stereocenters. The van der Waals surface area contributed by atoms with Gasteiger partial charge in [-0.15, -0.1) is 0 Å². The zero-order chi connectivity index (χ0) is 15.9. The van der Waals surface area contributed by atoms with E-state index in [0.29, 0.717) is 13.0 Å². The maximum absolute atomic E-state index is 11.3. The van der Waals surface area contributed by atoms with Crippen molar-refractivity contribution in [2.45, 2.75) is 52.6 Å². The minimum atomic E-state index is -0.957. The molecule has 0 aliphatic heterocycles. The third-order valence-electron chi connectivity index (χ3n) is 3.97. The van der Waals surface area contributed by atoms with Crippen LogP contribution in [-0.4, -0.2) is 11.7 Å². The molecule has 116 valence electrons. The van der Waals surface area contributed by atoms with Crippen LogP contribution in [-0.2, 0) is 5.60 Å².